The summed E-state index contributed by atoms with van der Waals surface area (Å²) in [5.41, 5.74) is 1.88. The van der Waals surface area contributed by atoms with Gasteiger partial charge in [0.05, 0.1) is 5.56 Å². The van der Waals surface area contributed by atoms with Crippen molar-refractivity contribution in [2.75, 3.05) is 44.6 Å². The Bertz CT molecular complexity index is 778. The van der Waals surface area contributed by atoms with Crippen LogP contribution in [0.4, 0.5) is 5.82 Å². The van der Waals surface area contributed by atoms with E-state index in [1.54, 1.807) is 6.20 Å². The predicted octanol–water partition coefficient (Wildman–Crippen LogP) is 4.01. The zero-order valence-electron chi connectivity index (χ0n) is 17.6. The second kappa shape index (κ2) is 10.8. The van der Waals surface area contributed by atoms with E-state index in [0.29, 0.717) is 11.5 Å². The molecule has 0 unspecified atom stereocenters. The van der Waals surface area contributed by atoms with Gasteiger partial charge in [0.2, 0.25) is 0 Å². The maximum Gasteiger partial charge on any atom is 0.255 e. The molecule has 1 aliphatic rings. The normalized spacial score (nSPS) is 15.2. The molecule has 3 rings (SSSR count). The summed E-state index contributed by atoms with van der Waals surface area (Å²) >= 11 is 0. The van der Waals surface area contributed by atoms with Crippen LogP contribution in [0.3, 0.4) is 0 Å². The summed E-state index contributed by atoms with van der Waals surface area (Å²) in [6.45, 7) is 9.53. The van der Waals surface area contributed by atoms with Crippen LogP contribution in [0.1, 0.15) is 36.2 Å². The third-order valence-corrected chi connectivity index (χ3v) is 5.17. The molecule has 29 heavy (non-hydrogen) atoms. The van der Waals surface area contributed by atoms with Crippen LogP contribution in [0, 0.1) is 5.92 Å². The lowest BCUT2D eigenvalue weighted by atomic mass is 10.1. The number of rotatable bonds is 8. The highest BCUT2D eigenvalue weighted by Crippen LogP contribution is 2.11. The highest BCUT2D eigenvalue weighted by molar-refractivity contribution is 5.94. The van der Waals surface area contributed by atoms with Crippen LogP contribution in [-0.2, 0) is 0 Å². The van der Waals surface area contributed by atoms with Gasteiger partial charge in [-0.25, -0.2) is 4.98 Å². The highest BCUT2D eigenvalue weighted by atomic mass is 16.2. The molecular weight excluding hydrogens is 360 g/mol. The molecule has 1 aromatic carbocycles. The lowest BCUT2D eigenvalue weighted by Crippen LogP contribution is -2.48. The smallest absolute Gasteiger partial charge is 0.255 e. The molecule has 1 fully saturated rings. The van der Waals surface area contributed by atoms with Crippen LogP contribution in [0.25, 0.3) is 6.08 Å². The van der Waals surface area contributed by atoms with Crippen molar-refractivity contribution in [1.29, 1.82) is 0 Å². The zero-order chi connectivity index (χ0) is 20.5. The standard InChI is InChI=1S/C24H32N4O/c1-20(2)12-13-25-23-11-10-22(19-26-23)24(29)28-17-15-27(16-18-28)14-6-9-21-7-4-3-5-8-21/h3-11,19-20H,12-18H2,1-2H3,(H,25,26)/b9-6+. The minimum absolute atomic E-state index is 0.0747. The van der Waals surface area contributed by atoms with E-state index in [9.17, 15) is 4.79 Å². The fourth-order valence-electron chi connectivity index (χ4n) is 3.33. The number of nitrogens with zero attached hydrogens (tertiary/aromatic N) is 3. The third-order valence-electron chi connectivity index (χ3n) is 5.17. The molecule has 1 amide bonds. The topological polar surface area (TPSA) is 48.5 Å². The van der Waals surface area contributed by atoms with E-state index in [2.05, 4.69) is 53.3 Å². The number of pyridine rings is 1. The molecule has 0 radical (unpaired) electrons. The van der Waals surface area contributed by atoms with Crippen molar-refractivity contribution in [3.8, 4) is 0 Å². The molecule has 2 heterocycles. The summed E-state index contributed by atoms with van der Waals surface area (Å²) in [5, 5.41) is 3.31. The summed E-state index contributed by atoms with van der Waals surface area (Å²) in [4.78, 5) is 21.5. The van der Waals surface area contributed by atoms with Gasteiger partial charge in [0.25, 0.3) is 5.91 Å². The maximum absolute atomic E-state index is 12.8. The molecule has 5 heteroatoms. The van der Waals surface area contributed by atoms with E-state index in [1.165, 1.54) is 5.56 Å². The molecule has 2 aromatic rings. The number of hydrogen-bond acceptors (Lipinski definition) is 4. The van der Waals surface area contributed by atoms with E-state index < -0.39 is 0 Å². The van der Waals surface area contributed by atoms with Crippen molar-refractivity contribution in [1.82, 2.24) is 14.8 Å². The zero-order valence-corrected chi connectivity index (χ0v) is 17.6. The molecule has 0 aliphatic carbocycles. The molecule has 0 atom stereocenters. The lowest BCUT2D eigenvalue weighted by Gasteiger charge is -2.34. The Morgan fingerprint density at radius 3 is 2.52 bits per heavy atom. The van der Waals surface area contributed by atoms with Crippen molar-refractivity contribution in [2.45, 2.75) is 20.3 Å². The van der Waals surface area contributed by atoms with Gasteiger partial charge in [0.15, 0.2) is 0 Å². The number of anilines is 1. The Labute approximate surface area is 174 Å². The molecule has 1 saturated heterocycles. The van der Waals surface area contributed by atoms with Crippen LogP contribution in [0.15, 0.2) is 54.7 Å². The molecule has 0 spiro atoms. The minimum atomic E-state index is 0.0747. The Balaban J connectivity index is 1.43. The fraction of sp³-hybridized carbons (Fsp3) is 0.417. The van der Waals surface area contributed by atoms with Crippen LogP contribution >= 0.6 is 0 Å². The summed E-state index contributed by atoms with van der Waals surface area (Å²) in [7, 11) is 0. The van der Waals surface area contributed by atoms with Crippen LogP contribution < -0.4 is 5.32 Å². The molecule has 1 aromatic heterocycles. The number of nitrogens with one attached hydrogen (secondary N) is 1. The first kappa shape index (κ1) is 21.1. The Morgan fingerprint density at radius 1 is 1.10 bits per heavy atom. The number of piperazine rings is 1. The largest absolute Gasteiger partial charge is 0.370 e. The lowest BCUT2D eigenvalue weighted by molar-refractivity contribution is 0.0650. The Hall–Kier alpha value is -2.66. The quantitative estimate of drug-likeness (QED) is 0.737. The van der Waals surface area contributed by atoms with E-state index >= 15 is 0 Å². The van der Waals surface area contributed by atoms with Gasteiger partial charge in [-0.2, -0.15) is 0 Å². The molecular formula is C24H32N4O. The second-order valence-electron chi connectivity index (χ2n) is 7.95. The SMILES string of the molecule is CC(C)CCNc1ccc(C(=O)N2CCN(C/C=C/c3ccccc3)CC2)cn1. The number of carbonyl (C=O) groups excluding carboxylic acids is 1. The summed E-state index contributed by atoms with van der Waals surface area (Å²) < 4.78 is 0. The van der Waals surface area contributed by atoms with Crippen LogP contribution in [0.2, 0.25) is 0 Å². The fourth-order valence-corrected chi connectivity index (χ4v) is 3.33. The van der Waals surface area contributed by atoms with Gasteiger partial charge in [-0.15, -0.1) is 0 Å². The summed E-state index contributed by atoms with van der Waals surface area (Å²) in [5.74, 6) is 1.57. The molecule has 0 saturated carbocycles. The molecule has 154 valence electrons. The summed E-state index contributed by atoms with van der Waals surface area (Å²) in [6.07, 6.45) is 7.14. The van der Waals surface area contributed by atoms with Gasteiger partial charge in [0, 0.05) is 45.5 Å². The average molecular weight is 393 g/mol. The van der Waals surface area contributed by atoms with Crippen molar-refractivity contribution >= 4 is 17.8 Å². The number of aromatic nitrogens is 1. The predicted molar refractivity (Wildman–Crippen MR) is 120 cm³/mol. The number of hydrogen-bond donors (Lipinski definition) is 1. The van der Waals surface area contributed by atoms with Gasteiger partial charge >= 0.3 is 0 Å². The number of amides is 1. The molecule has 1 N–H and O–H groups in total. The molecule has 0 bridgehead atoms. The van der Waals surface area contributed by atoms with Crippen molar-refractivity contribution < 1.29 is 4.79 Å². The van der Waals surface area contributed by atoms with E-state index in [-0.39, 0.29) is 5.91 Å². The molecule has 1 aliphatic heterocycles. The third kappa shape index (κ3) is 6.71. The van der Waals surface area contributed by atoms with Crippen LogP contribution in [-0.4, -0.2) is 60.0 Å². The van der Waals surface area contributed by atoms with E-state index in [4.69, 9.17) is 0 Å². The second-order valence-corrected chi connectivity index (χ2v) is 7.95. The maximum atomic E-state index is 12.8. The minimum Gasteiger partial charge on any atom is -0.370 e. The van der Waals surface area contributed by atoms with E-state index in [1.807, 2.05) is 35.2 Å². The Kier molecular flexibility index (Phi) is 7.82. The van der Waals surface area contributed by atoms with Crippen molar-refractivity contribution in [2.24, 2.45) is 5.92 Å². The van der Waals surface area contributed by atoms with Gasteiger partial charge in [-0.05, 0) is 30.0 Å². The van der Waals surface area contributed by atoms with Gasteiger partial charge in [-0.1, -0.05) is 56.3 Å². The van der Waals surface area contributed by atoms with Gasteiger partial charge in [0.1, 0.15) is 5.82 Å². The first-order valence-electron chi connectivity index (χ1n) is 10.5. The number of benzene rings is 1. The molecule has 5 nitrogen and oxygen atoms in total. The highest BCUT2D eigenvalue weighted by Gasteiger charge is 2.21. The Morgan fingerprint density at radius 2 is 1.86 bits per heavy atom. The van der Waals surface area contributed by atoms with Crippen molar-refractivity contribution in [3.63, 3.8) is 0 Å². The van der Waals surface area contributed by atoms with Crippen LogP contribution in [0.5, 0.6) is 0 Å². The average Bonchev–Trinajstić information content (AvgIpc) is 2.75. The van der Waals surface area contributed by atoms with Crippen molar-refractivity contribution in [3.05, 3.63) is 65.9 Å². The summed E-state index contributed by atoms with van der Waals surface area (Å²) in [6, 6.07) is 14.1. The van der Waals surface area contributed by atoms with E-state index in [0.717, 1.165) is 51.5 Å². The number of carbonyl (C=O) groups is 1. The van der Waals surface area contributed by atoms with Gasteiger partial charge < -0.3 is 10.2 Å². The first-order valence-corrected chi connectivity index (χ1v) is 10.5. The van der Waals surface area contributed by atoms with Gasteiger partial charge in [-0.3, -0.25) is 9.69 Å². The first-order chi connectivity index (χ1) is 14.1. The monoisotopic (exact) mass is 392 g/mol.